The third-order valence-corrected chi connectivity index (χ3v) is 4.08. The van der Waals surface area contributed by atoms with Gasteiger partial charge < -0.3 is 0 Å². The van der Waals surface area contributed by atoms with Crippen LogP contribution in [0.2, 0.25) is 0 Å². The summed E-state index contributed by atoms with van der Waals surface area (Å²) in [5.74, 6) is -1.74. The first-order valence-corrected chi connectivity index (χ1v) is 5.80. The van der Waals surface area contributed by atoms with Crippen LogP contribution in [0.5, 0.6) is 0 Å². The molecule has 0 aromatic carbocycles. The Balaban J connectivity index is 0.00000289. The van der Waals surface area contributed by atoms with Gasteiger partial charge in [-0.3, -0.25) is 19.4 Å². The zero-order valence-electron chi connectivity index (χ0n) is 9.13. The van der Waals surface area contributed by atoms with E-state index in [2.05, 4.69) is 0 Å². The van der Waals surface area contributed by atoms with Crippen LogP contribution < -0.4 is 0 Å². The Bertz CT molecular complexity index is 442. The Labute approximate surface area is 122 Å². The molecule has 0 spiro atoms. The molecule has 0 saturated carbocycles. The van der Waals surface area contributed by atoms with Crippen LogP contribution in [0.4, 0.5) is 4.79 Å². The van der Waals surface area contributed by atoms with Crippen molar-refractivity contribution in [2.45, 2.75) is 4.08 Å². The van der Waals surface area contributed by atoms with Crippen molar-refractivity contribution in [1.29, 1.82) is 10.5 Å². The maximum atomic E-state index is 11.9. The van der Waals surface area contributed by atoms with E-state index in [4.69, 9.17) is 10.5 Å². The summed E-state index contributed by atoms with van der Waals surface area (Å²) < 4.78 is -1.92. The number of imide groups is 2. The molecule has 0 aromatic heterocycles. The molecular weight excluding hydrogens is 328 g/mol. The smallest absolute Gasteiger partial charge is 0.271 e. The van der Waals surface area contributed by atoms with E-state index in [1.165, 1.54) is 14.1 Å². The van der Waals surface area contributed by atoms with Gasteiger partial charge in [0.25, 0.3) is 11.8 Å². The van der Waals surface area contributed by atoms with Crippen molar-refractivity contribution in [2.75, 3.05) is 14.1 Å². The van der Waals surface area contributed by atoms with E-state index < -0.39 is 21.9 Å². The summed E-state index contributed by atoms with van der Waals surface area (Å²) >= 11 is 0.723. The molecule has 1 radical (unpaired) electrons. The van der Waals surface area contributed by atoms with Crippen LogP contribution in [-0.2, 0) is 26.7 Å². The number of nitrogens with zero attached hydrogens (tertiary/aromatic N) is 4. The van der Waals surface area contributed by atoms with E-state index >= 15 is 0 Å². The molecule has 7 nitrogen and oxygen atoms in total. The van der Waals surface area contributed by atoms with Crippen LogP contribution in [-0.4, -0.2) is 45.8 Å². The molecule has 0 atom stereocenters. The van der Waals surface area contributed by atoms with E-state index in [1.54, 1.807) is 10.8 Å². The Morgan fingerprint density at radius 3 is 1.61 bits per heavy atom. The Kier molecular flexibility index (Phi) is 5.71. The minimum absolute atomic E-state index is 0. The van der Waals surface area contributed by atoms with Crippen LogP contribution in [0.25, 0.3) is 0 Å². The van der Waals surface area contributed by atoms with Gasteiger partial charge in [-0.05, 0) is 23.5 Å². The molecule has 1 heterocycles. The number of thioether (sulfide) groups is 2. The Morgan fingerprint density at radius 1 is 1.00 bits per heavy atom. The van der Waals surface area contributed by atoms with Gasteiger partial charge in [0.05, 0.1) is 0 Å². The number of urea groups is 1. The number of thiocyanates is 2. The van der Waals surface area contributed by atoms with E-state index in [0.717, 1.165) is 9.80 Å². The topological polar surface area (TPSA) is 105 Å². The van der Waals surface area contributed by atoms with Gasteiger partial charge in [0, 0.05) is 31.2 Å². The predicted octanol–water partition coefficient (Wildman–Crippen LogP) is 0.159. The van der Waals surface area contributed by atoms with Crippen LogP contribution in [0.1, 0.15) is 0 Å². The summed E-state index contributed by atoms with van der Waals surface area (Å²) in [6, 6.07) is -0.785. The van der Waals surface area contributed by atoms with Gasteiger partial charge in [-0.1, -0.05) is 0 Å². The summed E-state index contributed by atoms with van der Waals surface area (Å²) in [4.78, 5) is 36.7. The summed E-state index contributed by atoms with van der Waals surface area (Å²) in [7, 11) is 2.39. The van der Waals surface area contributed by atoms with Crippen molar-refractivity contribution in [2.24, 2.45) is 0 Å². The van der Waals surface area contributed by atoms with Crippen molar-refractivity contribution in [3.05, 3.63) is 0 Å². The first-order valence-electron chi connectivity index (χ1n) is 4.16. The van der Waals surface area contributed by atoms with Gasteiger partial charge in [0.1, 0.15) is 10.8 Å². The largest absolute Gasteiger partial charge is 0.333 e. The van der Waals surface area contributed by atoms with Crippen LogP contribution in [0.3, 0.4) is 0 Å². The first-order chi connectivity index (χ1) is 7.92. The number of rotatable bonds is 2. The standard InChI is InChI=1S/C8H6N4O3S2.Cu/c1-11-5(13)8(16-3-9,17-4-10)6(14)12(2)7(11)15;/h1-2H3;. The molecule has 10 heteroatoms. The number of hydrogen-bond donors (Lipinski definition) is 0. The number of carbonyl (C=O) groups is 3. The molecular formula is C8H6CuN4O3S2. The van der Waals surface area contributed by atoms with Gasteiger partial charge in [0.2, 0.25) is 4.08 Å². The van der Waals surface area contributed by atoms with E-state index in [9.17, 15) is 14.4 Å². The second-order valence-electron chi connectivity index (χ2n) is 3.01. The zero-order valence-corrected chi connectivity index (χ0v) is 11.7. The maximum absolute atomic E-state index is 11.9. The molecule has 0 aliphatic carbocycles. The van der Waals surface area contributed by atoms with E-state index in [-0.39, 0.29) is 17.1 Å². The fourth-order valence-electron chi connectivity index (χ4n) is 1.26. The van der Waals surface area contributed by atoms with Crippen LogP contribution in [0, 0.1) is 21.3 Å². The monoisotopic (exact) mass is 333 g/mol. The van der Waals surface area contributed by atoms with Gasteiger partial charge in [0.15, 0.2) is 0 Å². The molecule has 0 N–H and O–H groups in total. The number of carbonyl (C=O) groups excluding carboxylic acids is 3. The predicted molar refractivity (Wildman–Crippen MR) is 60.1 cm³/mol. The summed E-state index contributed by atoms with van der Waals surface area (Å²) in [6.07, 6.45) is 0. The second kappa shape index (κ2) is 6.12. The second-order valence-corrected chi connectivity index (χ2v) is 5.27. The minimum atomic E-state index is -1.92. The molecule has 0 unspecified atom stereocenters. The normalized spacial score (nSPS) is 17.9. The van der Waals surface area contributed by atoms with Crippen LogP contribution >= 0.6 is 23.5 Å². The van der Waals surface area contributed by atoms with Crippen molar-refractivity contribution in [3.63, 3.8) is 0 Å². The molecule has 0 bridgehead atoms. The van der Waals surface area contributed by atoms with Crippen molar-refractivity contribution in [1.82, 2.24) is 9.80 Å². The molecule has 0 aromatic rings. The number of amides is 4. The quantitative estimate of drug-likeness (QED) is 0.306. The molecule has 18 heavy (non-hydrogen) atoms. The van der Waals surface area contributed by atoms with Gasteiger partial charge >= 0.3 is 6.03 Å². The van der Waals surface area contributed by atoms with Gasteiger partial charge in [-0.25, -0.2) is 4.79 Å². The number of nitriles is 2. The fraction of sp³-hybridized carbons (Fsp3) is 0.375. The summed E-state index contributed by atoms with van der Waals surface area (Å²) in [5, 5.41) is 20.5. The average Bonchev–Trinajstić information content (AvgIpc) is 2.32. The third-order valence-electron chi connectivity index (χ3n) is 2.12. The Morgan fingerprint density at radius 2 is 1.33 bits per heavy atom. The average molecular weight is 334 g/mol. The minimum Gasteiger partial charge on any atom is -0.271 e. The summed E-state index contributed by atoms with van der Waals surface area (Å²) in [5.41, 5.74) is 0. The van der Waals surface area contributed by atoms with E-state index in [1.807, 2.05) is 0 Å². The van der Waals surface area contributed by atoms with Gasteiger partial charge in [-0.15, -0.1) is 0 Å². The van der Waals surface area contributed by atoms with Crippen molar-refractivity contribution < 1.29 is 31.5 Å². The Hall–Kier alpha value is -1.19. The molecule has 1 saturated heterocycles. The van der Waals surface area contributed by atoms with Gasteiger partial charge in [-0.2, -0.15) is 10.5 Å². The molecule has 1 aliphatic rings. The first kappa shape index (κ1) is 16.8. The number of barbiturate groups is 1. The zero-order chi connectivity index (χ0) is 13.2. The number of hydrogen-bond acceptors (Lipinski definition) is 7. The molecule has 1 aliphatic heterocycles. The fourth-order valence-corrected chi connectivity index (χ4v) is 2.80. The van der Waals surface area contributed by atoms with Crippen molar-refractivity contribution >= 4 is 41.4 Å². The molecule has 4 amide bonds. The molecule has 1 rings (SSSR count). The van der Waals surface area contributed by atoms with Crippen molar-refractivity contribution in [3.8, 4) is 10.8 Å². The molecule has 99 valence electrons. The van der Waals surface area contributed by atoms with Crippen LogP contribution in [0.15, 0.2) is 0 Å². The van der Waals surface area contributed by atoms with E-state index in [0.29, 0.717) is 23.5 Å². The molecule has 1 fully saturated rings. The summed E-state index contributed by atoms with van der Waals surface area (Å²) in [6.45, 7) is 0. The third kappa shape index (κ3) is 2.33. The maximum Gasteiger partial charge on any atom is 0.333 e. The SMILES string of the molecule is CN1C(=O)N(C)C(=O)C(SC#N)(SC#N)C1=O.[Cu].